The zero-order valence-corrected chi connectivity index (χ0v) is 9.88. The maximum atomic E-state index is 13.7. The van der Waals surface area contributed by atoms with E-state index in [4.69, 9.17) is 0 Å². The summed E-state index contributed by atoms with van der Waals surface area (Å²) < 4.78 is 27.0. The Morgan fingerprint density at radius 3 is 2.89 bits per heavy atom. The maximum absolute atomic E-state index is 13.7. The van der Waals surface area contributed by atoms with Crippen LogP contribution in [0.15, 0.2) is 12.1 Å². The molecule has 1 fully saturated rings. The molecule has 3 nitrogen and oxygen atoms in total. The van der Waals surface area contributed by atoms with E-state index in [0.717, 1.165) is 31.7 Å². The van der Waals surface area contributed by atoms with Gasteiger partial charge in [-0.2, -0.15) is 0 Å². The molecule has 0 radical (unpaired) electrons. The lowest BCUT2D eigenvalue weighted by atomic mass is 10.0. The summed E-state index contributed by atoms with van der Waals surface area (Å²) in [6.07, 6.45) is 3.71. The molecule has 96 valence electrons. The monoisotopic (exact) mass is 252 g/mol. The Morgan fingerprint density at radius 2 is 2.06 bits per heavy atom. The molecular weight excluding hydrogens is 238 g/mol. The van der Waals surface area contributed by atoms with Crippen LogP contribution in [0.25, 0.3) is 0 Å². The van der Waals surface area contributed by atoms with Crippen LogP contribution in [0, 0.1) is 11.6 Å². The van der Waals surface area contributed by atoms with Crippen LogP contribution in [-0.4, -0.2) is 18.5 Å². The smallest absolute Gasteiger partial charge is 0.247 e. The van der Waals surface area contributed by atoms with Crippen molar-refractivity contribution in [3.63, 3.8) is 0 Å². The van der Waals surface area contributed by atoms with Crippen molar-refractivity contribution < 1.29 is 13.6 Å². The number of halogens is 2. The number of nitrogens with zero attached hydrogens (tertiary/aromatic N) is 1. The largest absolute Gasteiger partial charge is 0.358 e. The Kier molecular flexibility index (Phi) is 2.69. The van der Waals surface area contributed by atoms with E-state index in [1.165, 1.54) is 6.07 Å². The summed E-state index contributed by atoms with van der Waals surface area (Å²) in [4.78, 5) is 13.8. The third-order valence-corrected chi connectivity index (χ3v) is 3.65. The first-order valence-corrected chi connectivity index (χ1v) is 6.23. The Hall–Kier alpha value is -1.65. The first-order valence-electron chi connectivity index (χ1n) is 6.23. The molecule has 0 aliphatic carbocycles. The summed E-state index contributed by atoms with van der Waals surface area (Å²) in [7, 11) is 0. The summed E-state index contributed by atoms with van der Waals surface area (Å²) in [5, 5.41) is 2.56. The van der Waals surface area contributed by atoms with Crippen LogP contribution in [0.1, 0.15) is 25.7 Å². The van der Waals surface area contributed by atoms with Gasteiger partial charge in [0, 0.05) is 12.6 Å². The van der Waals surface area contributed by atoms with E-state index in [9.17, 15) is 13.6 Å². The van der Waals surface area contributed by atoms with Crippen molar-refractivity contribution in [2.75, 3.05) is 16.8 Å². The topological polar surface area (TPSA) is 32.3 Å². The molecule has 5 heteroatoms. The normalized spacial score (nSPS) is 22.9. The lowest BCUT2D eigenvalue weighted by molar-refractivity contribution is -0.117. The van der Waals surface area contributed by atoms with E-state index in [1.54, 1.807) is 0 Å². The molecule has 3 rings (SSSR count). The first-order chi connectivity index (χ1) is 8.66. The zero-order chi connectivity index (χ0) is 12.7. The summed E-state index contributed by atoms with van der Waals surface area (Å²) in [6, 6.07) is 1.81. The predicted octanol–water partition coefficient (Wildman–Crippen LogP) is 2.67. The van der Waals surface area contributed by atoms with Crippen LogP contribution in [0.5, 0.6) is 0 Å². The fourth-order valence-electron chi connectivity index (χ4n) is 2.79. The van der Waals surface area contributed by atoms with Crippen LogP contribution in [-0.2, 0) is 4.79 Å². The number of amides is 1. The fourth-order valence-corrected chi connectivity index (χ4v) is 2.79. The number of carbonyl (C=O) groups is 1. The van der Waals surface area contributed by atoms with E-state index in [2.05, 4.69) is 5.32 Å². The average molecular weight is 252 g/mol. The third kappa shape index (κ3) is 1.74. The molecule has 1 atom stereocenters. The zero-order valence-electron chi connectivity index (χ0n) is 9.88. The van der Waals surface area contributed by atoms with Crippen LogP contribution in [0.4, 0.5) is 20.2 Å². The SMILES string of the molecule is O=C1Nc2c(F)cc(F)cc2N2CCCCCC12. The molecule has 0 saturated carbocycles. The van der Waals surface area contributed by atoms with Gasteiger partial charge in [0.05, 0.1) is 5.69 Å². The summed E-state index contributed by atoms with van der Waals surface area (Å²) in [5.41, 5.74) is 0.582. The van der Waals surface area contributed by atoms with Gasteiger partial charge in [0.2, 0.25) is 5.91 Å². The van der Waals surface area contributed by atoms with Gasteiger partial charge in [-0.15, -0.1) is 0 Å². The van der Waals surface area contributed by atoms with Gasteiger partial charge in [0.25, 0.3) is 0 Å². The van der Waals surface area contributed by atoms with Crippen LogP contribution < -0.4 is 10.2 Å². The summed E-state index contributed by atoms with van der Waals surface area (Å²) in [5.74, 6) is -1.50. The minimum Gasteiger partial charge on any atom is -0.358 e. The van der Waals surface area contributed by atoms with Crippen molar-refractivity contribution in [2.45, 2.75) is 31.7 Å². The number of fused-ring (bicyclic) bond motifs is 3. The van der Waals surface area contributed by atoms with Gasteiger partial charge in [0.15, 0.2) is 5.82 Å². The van der Waals surface area contributed by atoms with E-state index < -0.39 is 11.6 Å². The lowest BCUT2D eigenvalue weighted by Gasteiger charge is -2.37. The third-order valence-electron chi connectivity index (χ3n) is 3.65. The molecule has 1 aromatic carbocycles. The number of rotatable bonds is 0. The number of hydrogen-bond donors (Lipinski definition) is 1. The number of nitrogens with one attached hydrogen (secondary N) is 1. The maximum Gasteiger partial charge on any atom is 0.247 e. The number of hydrogen-bond acceptors (Lipinski definition) is 2. The second kappa shape index (κ2) is 4.23. The molecule has 1 unspecified atom stereocenters. The van der Waals surface area contributed by atoms with Gasteiger partial charge in [-0.05, 0) is 18.9 Å². The Bertz CT molecular complexity index is 504. The average Bonchev–Trinajstić information content (AvgIpc) is 2.57. The molecule has 18 heavy (non-hydrogen) atoms. The Morgan fingerprint density at radius 1 is 1.22 bits per heavy atom. The van der Waals surface area contributed by atoms with E-state index in [-0.39, 0.29) is 17.6 Å². The predicted molar refractivity (Wildman–Crippen MR) is 64.6 cm³/mol. The van der Waals surface area contributed by atoms with Gasteiger partial charge >= 0.3 is 0 Å². The van der Waals surface area contributed by atoms with Crippen molar-refractivity contribution in [3.8, 4) is 0 Å². The molecule has 1 saturated heterocycles. The second-order valence-electron chi connectivity index (χ2n) is 4.83. The molecule has 0 spiro atoms. The van der Waals surface area contributed by atoms with Gasteiger partial charge in [0.1, 0.15) is 17.5 Å². The van der Waals surface area contributed by atoms with Crippen molar-refractivity contribution >= 4 is 17.3 Å². The van der Waals surface area contributed by atoms with Crippen LogP contribution >= 0.6 is 0 Å². The molecule has 2 aliphatic rings. The van der Waals surface area contributed by atoms with Crippen LogP contribution in [0.3, 0.4) is 0 Å². The van der Waals surface area contributed by atoms with Gasteiger partial charge in [-0.1, -0.05) is 12.8 Å². The fraction of sp³-hybridized carbons (Fsp3) is 0.462. The van der Waals surface area contributed by atoms with E-state index in [1.807, 2.05) is 4.90 Å². The minimum atomic E-state index is -0.707. The number of anilines is 2. The molecule has 2 heterocycles. The molecule has 2 aliphatic heterocycles. The molecule has 0 bridgehead atoms. The van der Waals surface area contributed by atoms with Crippen molar-refractivity contribution in [1.29, 1.82) is 0 Å². The van der Waals surface area contributed by atoms with Gasteiger partial charge < -0.3 is 10.2 Å². The molecule has 1 N–H and O–H groups in total. The highest BCUT2D eigenvalue weighted by Crippen LogP contribution is 2.37. The highest BCUT2D eigenvalue weighted by atomic mass is 19.1. The minimum absolute atomic E-state index is 0.111. The molecule has 1 aromatic rings. The Balaban J connectivity index is 2.10. The second-order valence-corrected chi connectivity index (χ2v) is 4.83. The van der Waals surface area contributed by atoms with E-state index in [0.29, 0.717) is 12.2 Å². The molecule has 0 aromatic heterocycles. The van der Waals surface area contributed by atoms with E-state index >= 15 is 0 Å². The Labute approximate surface area is 104 Å². The van der Waals surface area contributed by atoms with Gasteiger partial charge in [-0.25, -0.2) is 8.78 Å². The van der Waals surface area contributed by atoms with Gasteiger partial charge in [-0.3, -0.25) is 4.79 Å². The lowest BCUT2D eigenvalue weighted by Crippen LogP contribution is -2.48. The molecular formula is C13H14F2N2O. The van der Waals surface area contributed by atoms with Crippen molar-refractivity contribution in [1.82, 2.24) is 0 Å². The van der Waals surface area contributed by atoms with Crippen LogP contribution in [0.2, 0.25) is 0 Å². The molecule has 1 amide bonds. The standard InChI is InChI=1S/C13H14F2N2O/c14-8-6-9(15)12-11(7-8)17-5-3-1-2-4-10(17)13(18)16-12/h6-7,10H,1-5H2,(H,16,18). The summed E-state index contributed by atoms with van der Waals surface area (Å²) >= 11 is 0. The highest BCUT2D eigenvalue weighted by molar-refractivity contribution is 6.03. The highest BCUT2D eigenvalue weighted by Gasteiger charge is 2.35. The first kappa shape index (κ1) is 11.4. The quantitative estimate of drug-likeness (QED) is 0.770. The number of carbonyl (C=O) groups excluding carboxylic acids is 1. The van der Waals surface area contributed by atoms with Crippen molar-refractivity contribution in [3.05, 3.63) is 23.8 Å². The summed E-state index contributed by atoms with van der Waals surface area (Å²) in [6.45, 7) is 0.675. The van der Waals surface area contributed by atoms with Crippen molar-refractivity contribution in [2.24, 2.45) is 0 Å². The number of benzene rings is 1.